The van der Waals surface area contributed by atoms with E-state index in [2.05, 4.69) is 14.8 Å². The molecule has 1 unspecified atom stereocenters. The van der Waals surface area contributed by atoms with Gasteiger partial charge in [-0.25, -0.2) is 13.1 Å². The molecule has 2 N–H and O–H groups in total. The first-order chi connectivity index (χ1) is 10.3. The minimum Gasteiger partial charge on any atom is -0.404 e. The maximum absolute atomic E-state index is 12.3. The van der Waals surface area contributed by atoms with Gasteiger partial charge in [0.25, 0.3) is 0 Å². The number of hydrogen-bond acceptors (Lipinski definition) is 4. The van der Waals surface area contributed by atoms with Crippen molar-refractivity contribution in [3.8, 4) is 5.75 Å². The molecule has 2 rings (SSSR count). The number of halogens is 3. The summed E-state index contributed by atoms with van der Waals surface area (Å²) in [5, 5.41) is 3.16. The summed E-state index contributed by atoms with van der Waals surface area (Å²) in [5.41, 5.74) is 0. The lowest BCUT2D eigenvalue weighted by Crippen LogP contribution is -2.28. The van der Waals surface area contributed by atoms with Gasteiger partial charge in [-0.15, -0.1) is 13.2 Å². The van der Waals surface area contributed by atoms with E-state index in [1.165, 1.54) is 12.1 Å². The number of rotatable bonds is 6. The molecule has 1 heterocycles. The minimum atomic E-state index is -4.94. The van der Waals surface area contributed by atoms with Crippen molar-refractivity contribution in [2.24, 2.45) is 5.92 Å². The lowest BCUT2D eigenvalue weighted by Gasteiger charge is -2.14. The first-order valence-corrected chi connectivity index (χ1v) is 8.31. The molecule has 1 atom stereocenters. The van der Waals surface area contributed by atoms with Crippen molar-refractivity contribution in [2.75, 3.05) is 19.6 Å². The first-order valence-electron chi connectivity index (χ1n) is 6.83. The standard InChI is InChI=1S/C13H17F3N2O3S/c14-13(15,16)21-11-3-1-2-4-12(11)22(19,20)18-8-6-10-5-7-17-9-10/h1-4,10,17-18H,5-9H2. The fourth-order valence-electron chi connectivity index (χ4n) is 2.32. The minimum absolute atomic E-state index is 0.176. The van der Waals surface area contributed by atoms with Crippen molar-refractivity contribution in [2.45, 2.75) is 24.1 Å². The molecule has 1 aromatic carbocycles. The molecule has 9 heteroatoms. The van der Waals surface area contributed by atoms with Crippen LogP contribution in [0.2, 0.25) is 0 Å². The highest BCUT2D eigenvalue weighted by molar-refractivity contribution is 7.89. The number of ether oxygens (including phenoxy) is 1. The van der Waals surface area contributed by atoms with Crippen LogP contribution in [0.3, 0.4) is 0 Å². The molecule has 1 fully saturated rings. The molecular weight excluding hydrogens is 321 g/mol. The molecule has 1 saturated heterocycles. The second-order valence-corrected chi connectivity index (χ2v) is 6.78. The summed E-state index contributed by atoms with van der Waals surface area (Å²) in [6.45, 7) is 1.91. The van der Waals surface area contributed by atoms with Gasteiger partial charge in [-0.3, -0.25) is 0 Å². The molecule has 0 aliphatic carbocycles. The van der Waals surface area contributed by atoms with Crippen LogP contribution >= 0.6 is 0 Å². The summed E-state index contributed by atoms with van der Waals surface area (Å²) >= 11 is 0. The van der Waals surface area contributed by atoms with E-state index in [1.807, 2.05) is 0 Å². The Balaban J connectivity index is 2.04. The summed E-state index contributed by atoms with van der Waals surface area (Å²) < 4.78 is 67.3. The molecule has 1 aliphatic heterocycles. The Kier molecular flexibility index (Phi) is 5.30. The topological polar surface area (TPSA) is 67.4 Å². The van der Waals surface area contributed by atoms with Crippen LogP contribution in [-0.4, -0.2) is 34.4 Å². The molecule has 0 bridgehead atoms. The molecule has 0 spiro atoms. The Morgan fingerprint density at radius 2 is 2.05 bits per heavy atom. The van der Waals surface area contributed by atoms with Gasteiger partial charge in [0.1, 0.15) is 10.6 Å². The number of sulfonamides is 1. The summed E-state index contributed by atoms with van der Waals surface area (Å²) in [6, 6.07) is 4.69. The highest BCUT2D eigenvalue weighted by atomic mass is 32.2. The Labute approximate surface area is 126 Å². The number of benzene rings is 1. The zero-order chi connectivity index (χ0) is 16.2. The first kappa shape index (κ1) is 17.0. The predicted molar refractivity (Wildman–Crippen MR) is 73.9 cm³/mol. The molecule has 0 radical (unpaired) electrons. The highest BCUT2D eigenvalue weighted by Gasteiger charge is 2.33. The Morgan fingerprint density at radius 3 is 2.68 bits per heavy atom. The SMILES string of the molecule is O=S(=O)(NCCC1CCNC1)c1ccccc1OC(F)(F)F. The van der Waals surface area contributed by atoms with Crippen LogP contribution in [0.1, 0.15) is 12.8 Å². The third-order valence-corrected chi connectivity index (χ3v) is 4.87. The van der Waals surface area contributed by atoms with Crippen molar-refractivity contribution < 1.29 is 26.3 Å². The number of alkyl halides is 3. The van der Waals surface area contributed by atoms with Crippen LogP contribution in [0.4, 0.5) is 13.2 Å². The van der Waals surface area contributed by atoms with Gasteiger partial charge in [-0.2, -0.15) is 0 Å². The maximum Gasteiger partial charge on any atom is 0.573 e. The van der Waals surface area contributed by atoms with Crippen molar-refractivity contribution in [3.63, 3.8) is 0 Å². The fraction of sp³-hybridized carbons (Fsp3) is 0.538. The number of hydrogen-bond donors (Lipinski definition) is 2. The van der Waals surface area contributed by atoms with E-state index in [-0.39, 0.29) is 6.54 Å². The average Bonchev–Trinajstić information content (AvgIpc) is 2.90. The summed E-state index contributed by atoms with van der Waals surface area (Å²) in [5.74, 6) is -0.352. The van der Waals surface area contributed by atoms with E-state index in [1.54, 1.807) is 0 Å². The van der Waals surface area contributed by atoms with E-state index in [9.17, 15) is 21.6 Å². The molecule has 0 amide bonds. The van der Waals surface area contributed by atoms with Crippen LogP contribution in [0.25, 0.3) is 0 Å². The van der Waals surface area contributed by atoms with Gasteiger partial charge in [0, 0.05) is 6.54 Å². The van der Waals surface area contributed by atoms with Gasteiger partial charge in [-0.1, -0.05) is 12.1 Å². The molecule has 0 aromatic heterocycles. The Hall–Kier alpha value is -1.32. The molecule has 5 nitrogen and oxygen atoms in total. The summed E-state index contributed by atoms with van der Waals surface area (Å²) in [4.78, 5) is -0.517. The van der Waals surface area contributed by atoms with Crippen molar-refractivity contribution in [3.05, 3.63) is 24.3 Å². The van der Waals surface area contributed by atoms with Crippen molar-refractivity contribution >= 4 is 10.0 Å². The molecule has 1 aliphatic rings. The van der Waals surface area contributed by atoms with E-state index in [0.29, 0.717) is 12.3 Å². The van der Waals surface area contributed by atoms with Crippen LogP contribution in [0.15, 0.2) is 29.2 Å². The van der Waals surface area contributed by atoms with Crippen LogP contribution in [0, 0.1) is 5.92 Å². The maximum atomic E-state index is 12.3. The van der Waals surface area contributed by atoms with Crippen LogP contribution in [0.5, 0.6) is 5.75 Å². The monoisotopic (exact) mass is 338 g/mol. The molecule has 0 saturated carbocycles. The lowest BCUT2D eigenvalue weighted by atomic mass is 10.1. The van der Waals surface area contributed by atoms with Gasteiger partial charge >= 0.3 is 6.36 Å². The molecule has 124 valence electrons. The molecular formula is C13H17F3N2O3S. The van der Waals surface area contributed by atoms with E-state index in [0.717, 1.165) is 31.6 Å². The second kappa shape index (κ2) is 6.84. The normalized spacial score (nSPS) is 19.3. The second-order valence-electron chi connectivity index (χ2n) is 5.04. The third kappa shape index (κ3) is 4.85. The largest absolute Gasteiger partial charge is 0.573 e. The zero-order valence-electron chi connectivity index (χ0n) is 11.7. The van der Waals surface area contributed by atoms with E-state index in [4.69, 9.17) is 0 Å². The van der Waals surface area contributed by atoms with Gasteiger partial charge < -0.3 is 10.1 Å². The number of para-hydroxylation sites is 1. The fourth-order valence-corrected chi connectivity index (χ4v) is 3.49. The van der Waals surface area contributed by atoms with Gasteiger partial charge in [0.2, 0.25) is 10.0 Å². The van der Waals surface area contributed by atoms with E-state index >= 15 is 0 Å². The van der Waals surface area contributed by atoms with Gasteiger partial charge in [0.15, 0.2) is 0 Å². The number of nitrogens with one attached hydrogen (secondary N) is 2. The quantitative estimate of drug-likeness (QED) is 0.831. The third-order valence-electron chi connectivity index (χ3n) is 3.37. The predicted octanol–water partition coefficient (Wildman–Crippen LogP) is 1.86. The van der Waals surface area contributed by atoms with Gasteiger partial charge in [0.05, 0.1) is 0 Å². The smallest absolute Gasteiger partial charge is 0.404 e. The summed E-state index contributed by atoms with van der Waals surface area (Å²) in [6.07, 6.45) is -3.34. The Morgan fingerprint density at radius 1 is 1.32 bits per heavy atom. The van der Waals surface area contributed by atoms with E-state index < -0.39 is 27.0 Å². The van der Waals surface area contributed by atoms with Gasteiger partial charge in [-0.05, 0) is 44.0 Å². The zero-order valence-corrected chi connectivity index (χ0v) is 12.5. The van der Waals surface area contributed by atoms with Crippen LogP contribution < -0.4 is 14.8 Å². The summed E-state index contributed by atoms with van der Waals surface area (Å²) in [7, 11) is -4.05. The molecule has 1 aromatic rings. The van der Waals surface area contributed by atoms with Crippen molar-refractivity contribution in [1.29, 1.82) is 0 Å². The highest BCUT2D eigenvalue weighted by Crippen LogP contribution is 2.29. The van der Waals surface area contributed by atoms with Crippen LogP contribution in [-0.2, 0) is 10.0 Å². The van der Waals surface area contributed by atoms with Crippen molar-refractivity contribution in [1.82, 2.24) is 10.0 Å². The molecule has 22 heavy (non-hydrogen) atoms. The average molecular weight is 338 g/mol. The Bertz CT molecular complexity index is 599. The lowest BCUT2D eigenvalue weighted by molar-refractivity contribution is -0.275.